The summed E-state index contributed by atoms with van der Waals surface area (Å²) < 4.78 is 0. The number of hydrogen-bond acceptors (Lipinski definition) is 4. The van der Waals surface area contributed by atoms with Crippen LogP contribution in [0.2, 0.25) is 0 Å². The summed E-state index contributed by atoms with van der Waals surface area (Å²) in [6.45, 7) is 1.89. The molecule has 0 aliphatic heterocycles. The first-order valence-corrected chi connectivity index (χ1v) is 5.36. The predicted molar refractivity (Wildman–Crippen MR) is 59.5 cm³/mol. The van der Waals surface area contributed by atoms with Crippen LogP contribution in [0, 0.1) is 5.41 Å². The van der Waals surface area contributed by atoms with Gasteiger partial charge in [-0.2, -0.15) is 0 Å². The third-order valence-corrected chi connectivity index (χ3v) is 2.76. The van der Waals surface area contributed by atoms with Crippen molar-refractivity contribution in [3.05, 3.63) is 24.4 Å². The van der Waals surface area contributed by atoms with E-state index in [0.717, 1.165) is 5.03 Å². The smallest absolute Gasteiger partial charge is 0.349 e. The number of thioether (sulfide) groups is 1. The molecule has 0 bridgehead atoms. The summed E-state index contributed by atoms with van der Waals surface area (Å²) in [7, 11) is 0. The lowest BCUT2D eigenvalue weighted by Crippen LogP contribution is -2.16. The lowest BCUT2D eigenvalue weighted by atomic mass is 10.2. The van der Waals surface area contributed by atoms with Crippen LogP contribution in [-0.4, -0.2) is 27.0 Å². The van der Waals surface area contributed by atoms with E-state index in [0.29, 0.717) is 0 Å². The summed E-state index contributed by atoms with van der Waals surface area (Å²) in [5.74, 6) is -1.15. The SMILES string of the molecule is CC(CC(=N)C(=O)O)Sc1ccccn1. The maximum absolute atomic E-state index is 10.4. The molecule has 1 aromatic rings. The third-order valence-electron chi connectivity index (χ3n) is 1.71. The van der Waals surface area contributed by atoms with E-state index in [1.165, 1.54) is 11.8 Å². The molecular weight excluding hydrogens is 212 g/mol. The van der Waals surface area contributed by atoms with Crippen LogP contribution in [0.5, 0.6) is 0 Å². The van der Waals surface area contributed by atoms with E-state index in [-0.39, 0.29) is 17.4 Å². The first-order valence-electron chi connectivity index (χ1n) is 4.48. The number of aliphatic carboxylic acids is 1. The number of carboxylic acid groups (broad SMARTS) is 1. The second-order valence-electron chi connectivity index (χ2n) is 3.08. The first-order chi connectivity index (χ1) is 7.09. The van der Waals surface area contributed by atoms with Gasteiger partial charge < -0.3 is 5.11 Å². The van der Waals surface area contributed by atoms with Gasteiger partial charge in [-0.1, -0.05) is 13.0 Å². The Balaban J connectivity index is 2.46. The van der Waals surface area contributed by atoms with E-state index in [1.54, 1.807) is 6.20 Å². The number of hydrogen-bond donors (Lipinski definition) is 2. The maximum atomic E-state index is 10.4. The number of carboxylic acids is 1. The fourth-order valence-corrected chi connectivity index (χ4v) is 1.98. The van der Waals surface area contributed by atoms with Crippen molar-refractivity contribution in [2.24, 2.45) is 0 Å². The van der Waals surface area contributed by atoms with Crippen molar-refractivity contribution in [3.63, 3.8) is 0 Å². The predicted octanol–water partition coefficient (Wildman–Crippen LogP) is 2.06. The Morgan fingerprint density at radius 2 is 2.40 bits per heavy atom. The normalized spacial score (nSPS) is 12.1. The van der Waals surface area contributed by atoms with Crippen molar-refractivity contribution in [1.29, 1.82) is 5.41 Å². The Morgan fingerprint density at radius 3 is 2.93 bits per heavy atom. The van der Waals surface area contributed by atoms with E-state index >= 15 is 0 Å². The minimum Gasteiger partial charge on any atom is -0.477 e. The number of pyridine rings is 1. The second kappa shape index (κ2) is 5.50. The Hall–Kier alpha value is -1.36. The molecule has 2 N–H and O–H groups in total. The van der Waals surface area contributed by atoms with Crippen LogP contribution in [0.3, 0.4) is 0 Å². The van der Waals surface area contributed by atoms with Crippen LogP contribution in [-0.2, 0) is 4.79 Å². The van der Waals surface area contributed by atoms with Crippen molar-refractivity contribution in [2.45, 2.75) is 23.6 Å². The van der Waals surface area contributed by atoms with Crippen molar-refractivity contribution in [2.75, 3.05) is 0 Å². The van der Waals surface area contributed by atoms with Gasteiger partial charge in [0.05, 0.1) is 5.03 Å². The minimum atomic E-state index is -1.15. The molecule has 1 atom stereocenters. The van der Waals surface area contributed by atoms with Gasteiger partial charge in [0.1, 0.15) is 5.71 Å². The van der Waals surface area contributed by atoms with Crippen LogP contribution in [0.4, 0.5) is 0 Å². The third kappa shape index (κ3) is 4.12. The fraction of sp³-hybridized carbons (Fsp3) is 0.300. The molecule has 1 unspecified atom stereocenters. The molecule has 5 heteroatoms. The molecule has 0 aromatic carbocycles. The highest BCUT2D eigenvalue weighted by atomic mass is 32.2. The molecule has 80 valence electrons. The molecule has 0 spiro atoms. The molecule has 1 aromatic heterocycles. The zero-order valence-corrected chi connectivity index (χ0v) is 9.12. The molecule has 15 heavy (non-hydrogen) atoms. The average molecular weight is 224 g/mol. The van der Waals surface area contributed by atoms with E-state index < -0.39 is 5.97 Å². The van der Waals surface area contributed by atoms with Gasteiger partial charge >= 0.3 is 5.97 Å². The maximum Gasteiger partial charge on any atom is 0.349 e. The van der Waals surface area contributed by atoms with E-state index in [9.17, 15) is 4.79 Å². The van der Waals surface area contributed by atoms with Crippen molar-refractivity contribution in [3.8, 4) is 0 Å². The van der Waals surface area contributed by atoms with Crippen LogP contribution >= 0.6 is 11.8 Å². The van der Waals surface area contributed by atoms with E-state index in [1.807, 2.05) is 25.1 Å². The molecule has 1 rings (SSSR count). The minimum absolute atomic E-state index is 0.0449. The lowest BCUT2D eigenvalue weighted by Gasteiger charge is -2.08. The molecule has 0 aliphatic carbocycles. The van der Waals surface area contributed by atoms with Gasteiger partial charge in [0.25, 0.3) is 0 Å². The topological polar surface area (TPSA) is 74.0 Å². The number of carbonyl (C=O) groups is 1. The molecule has 0 saturated carbocycles. The Labute approximate surface area is 92.2 Å². The lowest BCUT2D eigenvalue weighted by molar-refractivity contribution is -0.129. The first kappa shape index (κ1) is 11.7. The summed E-state index contributed by atoms with van der Waals surface area (Å²) in [5, 5.41) is 16.6. The molecule has 0 aliphatic rings. The summed E-state index contributed by atoms with van der Waals surface area (Å²) >= 11 is 1.47. The van der Waals surface area contributed by atoms with Crippen molar-refractivity contribution < 1.29 is 9.90 Å². The van der Waals surface area contributed by atoms with Crippen LogP contribution in [0.25, 0.3) is 0 Å². The zero-order chi connectivity index (χ0) is 11.3. The van der Waals surface area contributed by atoms with Gasteiger partial charge in [0, 0.05) is 17.9 Å². The number of aromatic nitrogens is 1. The van der Waals surface area contributed by atoms with Gasteiger partial charge in [-0.15, -0.1) is 11.8 Å². The molecule has 4 nitrogen and oxygen atoms in total. The monoisotopic (exact) mass is 224 g/mol. The number of rotatable bonds is 5. The van der Waals surface area contributed by atoms with Gasteiger partial charge in [-0.25, -0.2) is 9.78 Å². The Bertz CT molecular complexity index is 354. The van der Waals surface area contributed by atoms with E-state index in [4.69, 9.17) is 10.5 Å². The van der Waals surface area contributed by atoms with Gasteiger partial charge in [0.15, 0.2) is 0 Å². The number of nitrogens with one attached hydrogen (secondary N) is 1. The molecule has 0 amide bonds. The molecule has 1 heterocycles. The largest absolute Gasteiger partial charge is 0.477 e. The highest BCUT2D eigenvalue weighted by molar-refractivity contribution is 7.99. The average Bonchev–Trinajstić information content (AvgIpc) is 2.18. The fourth-order valence-electron chi connectivity index (χ4n) is 1.04. The van der Waals surface area contributed by atoms with Gasteiger partial charge in [-0.3, -0.25) is 5.41 Å². The quantitative estimate of drug-likeness (QED) is 0.593. The highest BCUT2D eigenvalue weighted by Gasteiger charge is 2.13. The standard InChI is InChI=1S/C10H12N2O2S/c1-7(6-8(11)10(13)14)15-9-4-2-3-5-12-9/h2-5,7,11H,6H2,1H3,(H,13,14). The van der Waals surface area contributed by atoms with Crippen LogP contribution < -0.4 is 0 Å². The zero-order valence-electron chi connectivity index (χ0n) is 8.30. The van der Waals surface area contributed by atoms with E-state index in [2.05, 4.69) is 4.98 Å². The van der Waals surface area contributed by atoms with Crippen LogP contribution in [0.1, 0.15) is 13.3 Å². The van der Waals surface area contributed by atoms with Gasteiger partial charge in [-0.05, 0) is 12.1 Å². The summed E-state index contributed by atoms with van der Waals surface area (Å²) in [4.78, 5) is 14.6. The molecular formula is C10H12N2O2S. The van der Waals surface area contributed by atoms with Gasteiger partial charge in [0.2, 0.25) is 0 Å². The Kier molecular flexibility index (Phi) is 4.30. The second-order valence-corrected chi connectivity index (χ2v) is 4.54. The number of nitrogens with zero attached hydrogens (tertiary/aromatic N) is 1. The molecule has 0 fully saturated rings. The molecule has 0 saturated heterocycles. The highest BCUT2D eigenvalue weighted by Crippen LogP contribution is 2.22. The molecule has 0 radical (unpaired) electrons. The van der Waals surface area contributed by atoms with Crippen LogP contribution in [0.15, 0.2) is 29.4 Å². The Morgan fingerprint density at radius 1 is 1.67 bits per heavy atom. The summed E-state index contributed by atoms with van der Waals surface area (Å²) in [6, 6.07) is 5.57. The summed E-state index contributed by atoms with van der Waals surface area (Å²) in [6.07, 6.45) is 1.94. The van der Waals surface area contributed by atoms with Crippen molar-refractivity contribution >= 4 is 23.4 Å². The van der Waals surface area contributed by atoms with Crippen molar-refractivity contribution in [1.82, 2.24) is 4.98 Å². The summed E-state index contributed by atoms with van der Waals surface area (Å²) in [5.41, 5.74) is -0.258.